The number of carbonyl (C=O) groups is 2. The first-order valence-electron chi connectivity index (χ1n) is 9.67. The first kappa shape index (κ1) is 17.5. The van der Waals surface area contributed by atoms with Crippen LogP contribution >= 0.6 is 0 Å². The number of fused-ring (bicyclic) bond motifs is 1. The van der Waals surface area contributed by atoms with Crippen molar-refractivity contribution in [3.05, 3.63) is 29.6 Å². The molecule has 6 heteroatoms. The van der Waals surface area contributed by atoms with Gasteiger partial charge in [0.25, 0.3) is 5.91 Å². The molecule has 3 atom stereocenters. The largest absolute Gasteiger partial charge is 0.381 e. The molecule has 3 aliphatic rings. The maximum Gasteiger partial charge on any atom is 0.272 e. The van der Waals surface area contributed by atoms with Gasteiger partial charge in [-0.05, 0) is 49.7 Å². The fraction of sp³-hybridized carbons (Fsp3) is 0.650. The number of ether oxygens (including phenoxy) is 1. The highest BCUT2D eigenvalue weighted by Gasteiger charge is 2.43. The van der Waals surface area contributed by atoms with Gasteiger partial charge >= 0.3 is 0 Å². The highest BCUT2D eigenvalue weighted by molar-refractivity contribution is 5.92. The van der Waals surface area contributed by atoms with Crippen LogP contribution in [0.1, 0.15) is 35.4 Å². The van der Waals surface area contributed by atoms with E-state index in [-0.39, 0.29) is 17.7 Å². The molecule has 0 bridgehead atoms. The van der Waals surface area contributed by atoms with Crippen LogP contribution in [-0.2, 0) is 9.53 Å². The Bertz CT molecular complexity index is 689. The number of amides is 2. The summed E-state index contributed by atoms with van der Waals surface area (Å²) in [6, 6.07) is 5.54. The smallest absolute Gasteiger partial charge is 0.272 e. The molecule has 3 fully saturated rings. The lowest BCUT2D eigenvalue weighted by molar-refractivity contribution is -0.124. The van der Waals surface area contributed by atoms with Crippen molar-refractivity contribution in [2.24, 2.45) is 23.7 Å². The maximum atomic E-state index is 12.8. The van der Waals surface area contributed by atoms with Crippen LogP contribution in [0.4, 0.5) is 0 Å². The second-order valence-corrected chi connectivity index (χ2v) is 8.05. The molecule has 26 heavy (non-hydrogen) atoms. The van der Waals surface area contributed by atoms with Crippen LogP contribution in [0.15, 0.2) is 18.2 Å². The average Bonchev–Trinajstić information content (AvgIpc) is 3.36. The van der Waals surface area contributed by atoms with E-state index in [0.717, 1.165) is 12.2 Å². The van der Waals surface area contributed by atoms with Gasteiger partial charge in [0.15, 0.2) is 0 Å². The molecule has 0 radical (unpaired) electrons. The van der Waals surface area contributed by atoms with Crippen LogP contribution < -0.4 is 5.32 Å². The van der Waals surface area contributed by atoms with Gasteiger partial charge in [0.2, 0.25) is 5.91 Å². The summed E-state index contributed by atoms with van der Waals surface area (Å²) in [6.45, 7) is 5.38. The van der Waals surface area contributed by atoms with Gasteiger partial charge in [0.05, 0.1) is 13.2 Å². The van der Waals surface area contributed by atoms with E-state index in [1.54, 1.807) is 6.07 Å². The number of aromatic nitrogens is 1. The minimum absolute atomic E-state index is 0.0139. The summed E-state index contributed by atoms with van der Waals surface area (Å²) in [6.07, 6.45) is 2.97. The summed E-state index contributed by atoms with van der Waals surface area (Å²) < 4.78 is 5.75. The summed E-state index contributed by atoms with van der Waals surface area (Å²) in [5, 5.41) is 3.05. The highest BCUT2D eigenvalue weighted by atomic mass is 16.5. The number of rotatable bonds is 5. The van der Waals surface area contributed by atoms with Crippen molar-refractivity contribution in [2.45, 2.75) is 26.2 Å². The molecule has 4 rings (SSSR count). The highest BCUT2D eigenvalue weighted by Crippen LogP contribution is 2.36. The summed E-state index contributed by atoms with van der Waals surface area (Å²) in [5.74, 6) is 1.64. The second kappa shape index (κ2) is 7.35. The van der Waals surface area contributed by atoms with E-state index in [1.165, 1.54) is 12.8 Å². The Labute approximate surface area is 154 Å². The third-order valence-corrected chi connectivity index (χ3v) is 5.89. The second-order valence-electron chi connectivity index (χ2n) is 8.05. The van der Waals surface area contributed by atoms with E-state index in [2.05, 4.69) is 10.3 Å². The molecule has 140 valence electrons. The minimum atomic E-state index is -0.0139. The first-order chi connectivity index (χ1) is 12.6. The van der Waals surface area contributed by atoms with Crippen LogP contribution in [0, 0.1) is 30.6 Å². The van der Waals surface area contributed by atoms with Gasteiger partial charge in [0, 0.05) is 37.7 Å². The Morgan fingerprint density at radius 3 is 2.88 bits per heavy atom. The fourth-order valence-corrected chi connectivity index (χ4v) is 4.19. The summed E-state index contributed by atoms with van der Waals surface area (Å²) in [7, 11) is 0. The molecule has 6 nitrogen and oxygen atoms in total. The van der Waals surface area contributed by atoms with Crippen molar-refractivity contribution >= 4 is 11.8 Å². The molecule has 2 amide bonds. The Kier molecular flexibility index (Phi) is 4.94. The van der Waals surface area contributed by atoms with Gasteiger partial charge in [-0.25, -0.2) is 4.98 Å². The van der Waals surface area contributed by atoms with Crippen molar-refractivity contribution < 1.29 is 14.3 Å². The number of aryl methyl sites for hydroxylation is 1. The van der Waals surface area contributed by atoms with Gasteiger partial charge in [0.1, 0.15) is 5.69 Å². The zero-order valence-electron chi connectivity index (χ0n) is 15.3. The van der Waals surface area contributed by atoms with Crippen molar-refractivity contribution in [1.29, 1.82) is 0 Å². The number of carbonyl (C=O) groups excluding carboxylic acids is 2. The molecule has 1 aliphatic carbocycles. The molecule has 0 spiro atoms. The Morgan fingerprint density at radius 1 is 1.27 bits per heavy atom. The lowest BCUT2D eigenvalue weighted by Crippen LogP contribution is -2.38. The number of hydrogen-bond acceptors (Lipinski definition) is 4. The molecule has 1 saturated carbocycles. The quantitative estimate of drug-likeness (QED) is 0.870. The van der Waals surface area contributed by atoms with Crippen LogP contribution in [0.3, 0.4) is 0 Å². The van der Waals surface area contributed by atoms with E-state index in [1.807, 2.05) is 24.0 Å². The normalized spacial score (nSPS) is 27.9. The number of nitrogens with one attached hydrogen (secondary N) is 1. The molecule has 2 aliphatic heterocycles. The topological polar surface area (TPSA) is 71.5 Å². The van der Waals surface area contributed by atoms with Gasteiger partial charge in [-0.2, -0.15) is 0 Å². The van der Waals surface area contributed by atoms with Gasteiger partial charge < -0.3 is 15.0 Å². The van der Waals surface area contributed by atoms with E-state index in [4.69, 9.17) is 4.74 Å². The average molecular weight is 357 g/mol. The van der Waals surface area contributed by atoms with Crippen molar-refractivity contribution in [2.75, 3.05) is 32.8 Å². The van der Waals surface area contributed by atoms with Crippen LogP contribution in [0.25, 0.3) is 0 Å². The first-order valence-corrected chi connectivity index (χ1v) is 9.67. The molecular formula is C20H27N3O3. The molecular weight excluding hydrogens is 330 g/mol. The Morgan fingerprint density at radius 2 is 2.12 bits per heavy atom. The summed E-state index contributed by atoms with van der Waals surface area (Å²) in [4.78, 5) is 31.3. The molecule has 2 saturated heterocycles. The zero-order valence-corrected chi connectivity index (χ0v) is 15.3. The Hall–Kier alpha value is -1.95. The van der Waals surface area contributed by atoms with Crippen LogP contribution in [0.5, 0.6) is 0 Å². The van der Waals surface area contributed by atoms with Crippen molar-refractivity contribution in [1.82, 2.24) is 15.2 Å². The predicted octanol–water partition coefficient (Wildman–Crippen LogP) is 1.64. The standard InChI is InChI=1S/C20H27N3O3/c1-13-3-2-4-18(22-13)20(25)23-9-16-12-26-11-15(17(16)10-23)7-19(24)21-8-14-5-6-14/h2-4,14-17H,5-12H2,1H3,(H,21,24)/t15-,16-,17+/m1/s1. The monoisotopic (exact) mass is 357 g/mol. The summed E-state index contributed by atoms with van der Waals surface area (Å²) in [5.41, 5.74) is 1.35. The van der Waals surface area contributed by atoms with E-state index in [0.29, 0.717) is 56.2 Å². The maximum absolute atomic E-state index is 12.8. The molecule has 0 aromatic carbocycles. The minimum Gasteiger partial charge on any atom is -0.381 e. The van der Waals surface area contributed by atoms with E-state index < -0.39 is 0 Å². The molecule has 1 aromatic heterocycles. The van der Waals surface area contributed by atoms with E-state index in [9.17, 15) is 9.59 Å². The molecule has 1 aromatic rings. The van der Waals surface area contributed by atoms with Crippen molar-refractivity contribution in [3.63, 3.8) is 0 Å². The number of hydrogen-bond donors (Lipinski definition) is 1. The third-order valence-electron chi connectivity index (χ3n) is 5.89. The predicted molar refractivity (Wildman–Crippen MR) is 96.5 cm³/mol. The van der Waals surface area contributed by atoms with Crippen LogP contribution in [-0.4, -0.2) is 54.5 Å². The number of likely N-dealkylation sites (tertiary alicyclic amines) is 1. The third kappa shape index (κ3) is 3.90. The lowest BCUT2D eigenvalue weighted by atomic mass is 9.81. The van der Waals surface area contributed by atoms with Gasteiger partial charge in [-0.1, -0.05) is 6.07 Å². The SMILES string of the molecule is Cc1cccc(C(=O)N2C[C@@H]3COC[C@@H](CC(=O)NCC4CC4)[C@@H]3C2)n1. The summed E-state index contributed by atoms with van der Waals surface area (Å²) >= 11 is 0. The molecule has 1 N–H and O–H groups in total. The zero-order chi connectivity index (χ0) is 18.1. The number of pyridine rings is 1. The van der Waals surface area contributed by atoms with Gasteiger partial charge in [-0.3, -0.25) is 9.59 Å². The van der Waals surface area contributed by atoms with Crippen molar-refractivity contribution in [3.8, 4) is 0 Å². The molecule has 0 unspecified atom stereocenters. The Balaban J connectivity index is 1.37. The lowest BCUT2D eigenvalue weighted by Gasteiger charge is -2.32. The van der Waals surface area contributed by atoms with E-state index >= 15 is 0 Å². The van der Waals surface area contributed by atoms with Gasteiger partial charge in [-0.15, -0.1) is 0 Å². The van der Waals surface area contributed by atoms with Crippen LogP contribution in [0.2, 0.25) is 0 Å². The fourth-order valence-electron chi connectivity index (χ4n) is 4.19. The number of nitrogens with zero attached hydrogens (tertiary/aromatic N) is 2. The molecule has 3 heterocycles.